The number of hydrogen-bond donors (Lipinski definition) is 1. The maximum atomic E-state index is 11.2. The topological polar surface area (TPSA) is 77.4 Å². The fourth-order valence-electron chi connectivity index (χ4n) is 2.40. The summed E-state index contributed by atoms with van der Waals surface area (Å²) in [7, 11) is -4.15. The first-order valence-corrected chi connectivity index (χ1v) is 9.47. The molecule has 0 radical (unpaired) electrons. The van der Waals surface area contributed by atoms with Crippen LogP contribution in [0.3, 0.4) is 0 Å². The van der Waals surface area contributed by atoms with Crippen LogP contribution < -0.4 is 29.6 Å². The van der Waals surface area contributed by atoms with Gasteiger partial charge in [-0.2, -0.15) is 0 Å². The van der Waals surface area contributed by atoms with Crippen LogP contribution in [-0.4, -0.2) is 29.4 Å². The summed E-state index contributed by atoms with van der Waals surface area (Å²) in [6.07, 6.45) is 9.28. The van der Waals surface area contributed by atoms with Gasteiger partial charge in [-0.25, -0.2) is 8.42 Å². The van der Waals surface area contributed by atoms with Crippen LogP contribution in [-0.2, 0) is 10.1 Å². The van der Waals surface area contributed by atoms with Crippen LogP contribution in [0.5, 0.6) is 0 Å². The second-order valence-corrected chi connectivity index (χ2v) is 7.46. The van der Waals surface area contributed by atoms with Gasteiger partial charge < -0.3 is 9.66 Å². The quantitative estimate of drug-likeness (QED) is 0.305. The first-order chi connectivity index (χ1) is 9.38. The molecule has 0 aliphatic heterocycles. The third-order valence-corrected chi connectivity index (χ3v) is 4.97. The first-order valence-electron chi connectivity index (χ1n) is 8.00. The van der Waals surface area contributed by atoms with Crippen LogP contribution in [0.1, 0.15) is 84.5 Å². The molecule has 1 N–H and O–H groups in total. The molecule has 0 aromatic rings. The average Bonchev–Trinajstić information content (AvgIpc) is 2.34. The maximum absolute atomic E-state index is 11.2. The summed E-state index contributed by atoms with van der Waals surface area (Å²) >= 11 is 0. The minimum absolute atomic E-state index is 0. The van der Waals surface area contributed by atoms with Gasteiger partial charge in [0.15, 0.2) is 0 Å². The molecular weight excluding hydrogens is 299 g/mol. The van der Waals surface area contributed by atoms with E-state index < -0.39 is 15.4 Å². The van der Waals surface area contributed by atoms with Crippen molar-refractivity contribution < 1.29 is 47.6 Å². The number of rotatable bonds is 13. The third-order valence-electron chi connectivity index (χ3n) is 3.69. The summed E-state index contributed by atoms with van der Waals surface area (Å²) in [5, 5.41) is 8.43. The second kappa shape index (κ2) is 14.5. The van der Waals surface area contributed by atoms with Crippen molar-refractivity contribution >= 4 is 10.1 Å². The first kappa shape index (κ1) is 24.1. The van der Waals surface area contributed by atoms with Crippen molar-refractivity contribution in [2.24, 2.45) is 0 Å². The Kier molecular flexibility index (Phi) is 16.6. The summed E-state index contributed by atoms with van der Waals surface area (Å²) in [5.74, 6) is 0. The van der Waals surface area contributed by atoms with Crippen molar-refractivity contribution in [1.29, 1.82) is 0 Å². The van der Waals surface area contributed by atoms with Crippen LogP contribution >= 0.6 is 0 Å². The van der Waals surface area contributed by atoms with Crippen molar-refractivity contribution in [3.63, 3.8) is 0 Å². The van der Waals surface area contributed by atoms with Gasteiger partial charge >= 0.3 is 29.6 Å². The molecular formula is C15H31NaO4S. The monoisotopic (exact) mass is 330 g/mol. The van der Waals surface area contributed by atoms with Crippen molar-refractivity contribution in [3.05, 3.63) is 0 Å². The van der Waals surface area contributed by atoms with E-state index in [1.54, 1.807) is 6.92 Å². The molecule has 0 aromatic heterocycles. The van der Waals surface area contributed by atoms with E-state index in [-0.39, 0.29) is 35.7 Å². The molecule has 122 valence electrons. The normalized spacial score (nSPS) is 14.5. The van der Waals surface area contributed by atoms with Crippen LogP contribution in [0.25, 0.3) is 0 Å². The zero-order chi connectivity index (χ0) is 15.4. The van der Waals surface area contributed by atoms with E-state index in [9.17, 15) is 13.0 Å². The Hall–Kier alpha value is 0.870. The van der Waals surface area contributed by atoms with Crippen LogP contribution in [0.15, 0.2) is 0 Å². The van der Waals surface area contributed by atoms with Gasteiger partial charge in [-0.05, 0) is 26.2 Å². The molecule has 0 rings (SSSR count). The van der Waals surface area contributed by atoms with Gasteiger partial charge in [-0.15, -0.1) is 0 Å². The van der Waals surface area contributed by atoms with E-state index in [2.05, 4.69) is 6.92 Å². The summed E-state index contributed by atoms with van der Waals surface area (Å²) in [6, 6.07) is 0. The molecule has 0 fully saturated rings. The average molecular weight is 330 g/mol. The smallest absolute Gasteiger partial charge is 0.748 e. The van der Waals surface area contributed by atoms with Gasteiger partial charge in [-0.1, -0.05) is 58.3 Å². The van der Waals surface area contributed by atoms with E-state index in [0.29, 0.717) is 12.8 Å². The van der Waals surface area contributed by atoms with Gasteiger partial charge in [-0.3, -0.25) is 0 Å². The van der Waals surface area contributed by atoms with Crippen molar-refractivity contribution in [2.75, 3.05) is 0 Å². The molecule has 4 nitrogen and oxygen atoms in total. The van der Waals surface area contributed by atoms with Crippen molar-refractivity contribution in [3.8, 4) is 0 Å². The summed E-state index contributed by atoms with van der Waals surface area (Å²) in [4.78, 5) is 0. The summed E-state index contributed by atoms with van der Waals surface area (Å²) in [5.41, 5.74) is 0. The molecule has 0 saturated carbocycles. The van der Waals surface area contributed by atoms with Gasteiger partial charge in [0.1, 0.15) is 0 Å². The Morgan fingerprint density at radius 1 is 0.905 bits per heavy atom. The SMILES string of the molecule is CCCCCCC(CCCCCCC(C)O)S(=O)(=O)[O-].[Na+]. The standard InChI is InChI=1S/C15H32O4S.Na/c1-3-4-5-9-12-15(20(17,18)19)13-10-7-6-8-11-14(2)16;/h14-16H,3-13H2,1-2H3,(H,17,18,19);/q;+1/p-1. The minimum Gasteiger partial charge on any atom is -0.748 e. The zero-order valence-electron chi connectivity index (χ0n) is 14.0. The van der Waals surface area contributed by atoms with Gasteiger partial charge in [0.25, 0.3) is 0 Å². The molecule has 0 heterocycles. The number of aliphatic hydroxyl groups excluding tert-OH is 1. The largest absolute Gasteiger partial charge is 1.00 e. The molecule has 0 spiro atoms. The van der Waals surface area contributed by atoms with Crippen LogP contribution in [0, 0.1) is 0 Å². The summed E-state index contributed by atoms with van der Waals surface area (Å²) < 4.78 is 33.6. The van der Waals surface area contributed by atoms with E-state index >= 15 is 0 Å². The van der Waals surface area contributed by atoms with Gasteiger partial charge in [0.05, 0.1) is 16.2 Å². The maximum Gasteiger partial charge on any atom is 1.00 e. The minimum atomic E-state index is -4.15. The fourth-order valence-corrected chi connectivity index (χ4v) is 3.31. The van der Waals surface area contributed by atoms with E-state index in [1.807, 2.05) is 0 Å². The molecule has 0 aliphatic rings. The Bertz CT molecular complexity index is 318. The Morgan fingerprint density at radius 2 is 1.33 bits per heavy atom. The molecule has 0 aromatic carbocycles. The second-order valence-electron chi connectivity index (χ2n) is 5.80. The molecule has 6 heteroatoms. The molecule has 0 bridgehead atoms. The predicted molar refractivity (Wildman–Crippen MR) is 81.6 cm³/mol. The Balaban J connectivity index is 0. The Labute approximate surface area is 153 Å². The molecule has 2 unspecified atom stereocenters. The predicted octanol–water partition coefficient (Wildman–Crippen LogP) is 0.596. The molecule has 0 aliphatic carbocycles. The molecule has 0 saturated heterocycles. The van der Waals surface area contributed by atoms with Crippen LogP contribution in [0.2, 0.25) is 0 Å². The number of aliphatic hydroxyl groups is 1. The number of hydrogen-bond acceptors (Lipinski definition) is 4. The Morgan fingerprint density at radius 3 is 1.71 bits per heavy atom. The van der Waals surface area contributed by atoms with E-state index in [1.165, 1.54) is 0 Å². The third kappa shape index (κ3) is 15.5. The summed E-state index contributed by atoms with van der Waals surface area (Å²) in [6.45, 7) is 3.88. The van der Waals surface area contributed by atoms with E-state index in [0.717, 1.165) is 57.8 Å². The number of unbranched alkanes of at least 4 members (excludes halogenated alkanes) is 6. The van der Waals surface area contributed by atoms with Crippen LogP contribution in [0.4, 0.5) is 0 Å². The van der Waals surface area contributed by atoms with Crippen molar-refractivity contribution in [2.45, 2.75) is 95.8 Å². The fraction of sp³-hybridized carbons (Fsp3) is 1.00. The molecule has 0 amide bonds. The van der Waals surface area contributed by atoms with Gasteiger partial charge in [0, 0.05) is 5.25 Å². The molecule has 21 heavy (non-hydrogen) atoms. The van der Waals surface area contributed by atoms with E-state index in [4.69, 9.17) is 5.11 Å². The van der Waals surface area contributed by atoms with Gasteiger partial charge in [0.2, 0.25) is 0 Å². The molecule has 2 atom stereocenters. The zero-order valence-corrected chi connectivity index (χ0v) is 16.8. The van der Waals surface area contributed by atoms with Crippen molar-refractivity contribution in [1.82, 2.24) is 0 Å².